The van der Waals surface area contributed by atoms with Crippen LogP contribution in [0.1, 0.15) is 36.8 Å². The van der Waals surface area contributed by atoms with E-state index < -0.39 is 0 Å². The van der Waals surface area contributed by atoms with Crippen molar-refractivity contribution in [3.8, 4) is 5.75 Å². The molecular weight excluding hydrogens is 307 g/mol. The molecule has 0 bridgehead atoms. The molecule has 0 N–H and O–H groups in total. The normalized spacial score (nSPS) is 21.0. The molecule has 1 aromatic carbocycles. The predicted octanol–water partition coefficient (Wildman–Crippen LogP) is 2.62. The Balaban J connectivity index is 1.32. The van der Waals surface area contributed by atoms with Crippen molar-refractivity contribution in [1.29, 1.82) is 0 Å². The van der Waals surface area contributed by atoms with Crippen LogP contribution < -0.4 is 4.74 Å². The summed E-state index contributed by atoms with van der Waals surface area (Å²) in [5.74, 6) is 3.12. The van der Waals surface area contributed by atoms with Crippen LogP contribution in [0.3, 0.4) is 0 Å². The number of fused-ring (bicyclic) bond motifs is 1. The van der Waals surface area contributed by atoms with Gasteiger partial charge in [0, 0.05) is 38.0 Å². The lowest BCUT2D eigenvalue weighted by atomic mass is 9.97. The van der Waals surface area contributed by atoms with E-state index in [4.69, 9.17) is 4.74 Å². The second kappa shape index (κ2) is 6.89. The zero-order valence-electron chi connectivity index (χ0n) is 13.8. The van der Waals surface area contributed by atoms with Crippen molar-refractivity contribution in [1.82, 2.24) is 19.7 Å². The first-order chi connectivity index (χ1) is 11.8. The molecule has 1 aromatic heterocycles. The highest BCUT2D eigenvalue weighted by Crippen LogP contribution is 2.28. The van der Waals surface area contributed by atoms with E-state index in [0.717, 1.165) is 38.4 Å². The standard InChI is InChI=1S/C18H23FN4O/c19-15-5-1-6-16(12-15)24-11-10-22-8-2-4-14(13-22)18-21-20-17-7-3-9-23(17)18/h1,5-6,12,14H,2-4,7-11,13H2/t14-/m0/s1. The van der Waals surface area contributed by atoms with Gasteiger partial charge >= 0.3 is 0 Å². The van der Waals surface area contributed by atoms with Crippen molar-refractivity contribution in [3.63, 3.8) is 0 Å². The highest BCUT2D eigenvalue weighted by molar-refractivity contribution is 5.22. The van der Waals surface area contributed by atoms with Gasteiger partial charge in [0.25, 0.3) is 0 Å². The summed E-state index contributed by atoms with van der Waals surface area (Å²) >= 11 is 0. The van der Waals surface area contributed by atoms with E-state index in [9.17, 15) is 4.39 Å². The maximum Gasteiger partial charge on any atom is 0.137 e. The molecule has 5 nitrogen and oxygen atoms in total. The molecular formula is C18H23FN4O. The lowest BCUT2D eigenvalue weighted by Crippen LogP contribution is -2.37. The van der Waals surface area contributed by atoms with Gasteiger partial charge in [-0.3, -0.25) is 4.90 Å². The van der Waals surface area contributed by atoms with Crippen molar-refractivity contribution < 1.29 is 9.13 Å². The van der Waals surface area contributed by atoms with E-state index in [1.807, 2.05) is 0 Å². The van der Waals surface area contributed by atoms with Crippen LogP contribution in [0.2, 0.25) is 0 Å². The minimum Gasteiger partial charge on any atom is -0.492 e. The topological polar surface area (TPSA) is 43.2 Å². The van der Waals surface area contributed by atoms with Crippen molar-refractivity contribution in [3.05, 3.63) is 41.7 Å². The summed E-state index contributed by atoms with van der Waals surface area (Å²) in [6.07, 6.45) is 4.60. The minimum absolute atomic E-state index is 0.258. The van der Waals surface area contributed by atoms with E-state index in [0.29, 0.717) is 18.3 Å². The Bertz CT molecular complexity index is 702. The van der Waals surface area contributed by atoms with Crippen LogP contribution in [0.4, 0.5) is 4.39 Å². The number of aryl methyl sites for hydroxylation is 1. The molecule has 0 unspecified atom stereocenters. The number of aromatic nitrogens is 3. The molecule has 0 spiro atoms. The summed E-state index contributed by atoms with van der Waals surface area (Å²) in [6, 6.07) is 6.33. The fraction of sp³-hybridized carbons (Fsp3) is 0.556. The van der Waals surface area contributed by atoms with E-state index >= 15 is 0 Å². The summed E-state index contributed by atoms with van der Waals surface area (Å²) in [5, 5.41) is 8.79. The minimum atomic E-state index is -0.258. The molecule has 128 valence electrons. The number of piperidine rings is 1. The molecule has 2 aliphatic rings. The van der Waals surface area contributed by atoms with E-state index in [1.165, 1.54) is 37.2 Å². The molecule has 1 fully saturated rings. The maximum atomic E-state index is 13.2. The highest BCUT2D eigenvalue weighted by atomic mass is 19.1. The summed E-state index contributed by atoms with van der Waals surface area (Å²) in [5.41, 5.74) is 0. The van der Waals surface area contributed by atoms with Crippen molar-refractivity contribution in [2.75, 3.05) is 26.2 Å². The lowest BCUT2D eigenvalue weighted by Gasteiger charge is -2.32. The molecule has 0 amide bonds. The van der Waals surface area contributed by atoms with Crippen LogP contribution in [0, 0.1) is 5.82 Å². The van der Waals surface area contributed by atoms with Crippen LogP contribution in [0.15, 0.2) is 24.3 Å². The van der Waals surface area contributed by atoms with Crippen LogP contribution >= 0.6 is 0 Å². The van der Waals surface area contributed by atoms with Gasteiger partial charge in [0.15, 0.2) is 0 Å². The fourth-order valence-electron chi connectivity index (χ4n) is 3.79. The van der Waals surface area contributed by atoms with E-state index in [-0.39, 0.29) is 5.82 Å². The Morgan fingerprint density at radius 3 is 3.08 bits per heavy atom. The third-order valence-corrected chi connectivity index (χ3v) is 4.98. The number of nitrogens with zero attached hydrogens (tertiary/aromatic N) is 4. The number of halogens is 1. The van der Waals surface area contributed by atoms with Crippen LogP contribution in [0.25, 0.3) is 0 Å². The molecule has 0 saturated carbocycles. The average molecular weight is 330 g/mol. The van der Waals surface area contributed by atoms with Gasteiger partial charge in [0.2, 0.25) is 0 Å². The third kappa shape index (κ3) is 3.29. The van der Waals surface area contributed by atoms with Gasteiger partial charge in [-0.2, -0.15) is 0 Å². The molecule has 0 aliphatic carbocycles. The zero-order valence-corrected chi connectivity index (χ0v) is 13.8. The van der Waals surface area contributed by atoms with Crippen LogP contribution in [0.5, 0.6) is 5.75 Å². The summed E-state index contributed by atoms with van der Waals surface area (Å²) < 4.78 is 21.2. The SMILES string of the molecule is Fc1cccc(OCCN2CCC[C@H](c3nnc4n3CCC4)C2)c1. The Hall–Kier alpha value is -1.95. The second-order valence-electron chi connectivity index (χ2n) is 6.68. The maximum absolute atomic E-state index is 13.2. The van der Waals surface area contributed by atoms with Crippen LogP contribution in [-0.2, 0) is 13.0 Å². The van der Waals surface area contributed by atoms with Gasteiger partial charge in [-0.25, -0.2) is 4.39 Å². The molecule has 2 aliphatic heterocycles. The number of likely N-dealkylation sites (tertiary alicyclic amines) is 1. The van der Waals surface area contributed by atoms with Gasteiger partial charge in [0.1, 0.15) is 29.8 Å². The smallest absolute Gasteiger partial charge is 0.137 e. The molecule has 3 heterocycles. The summed E-state index contributed by atoms with van der Waals surface area (Å²) in [4.78, 5) is 2.42. The highest BCUT2D eigenvalue weighted by Gasteiger charge is 2.28. The van der Waals surface area contributed by atoms with E-state index in [2.05, 4.69) is 19.7 Å². The lowest BCUT2D eigenvalue weighted by molar-refractivity contribution is 0.166. The van der Waals surface area contributed by atoms with Gasteiger partial charge in [-0.1, -0.05) is 6.07 Å². The largest absolute Gasteiger partial charge is 0.492 e. The molecule has 6 heteroatoms. The Morgan fingerprint density at radius 2 is 2.17 bits per heavy atom. The summed E-state index contributed by atoms with van der Waals surface area (Å²) in [7, 11) is 0. The molecule has 2 aromatic rings. The molecule has 1 saturated heterocycles. The fourth-order valence-corrected chi connectivity index (χ4v) is 3.79. The molecule has 4 rings (SSSR count). The quantitative estimate of drug-likeness (QED) is 0.845. The monoisotopic (exact) mass is 330 g/mol. The first kappa shape index (κ1) is 15.6. The van der Waals surface area contributed by atoms with Gasteiger partial charge < -0.3 is 9.30 Å². The second-order valence-corrected chi connectivity index (χ2v) is 6.68. The van der Waals surface area contributed by atoms with Gasteiger partial charge in [-0.05, 0) is 37.9 Å². The zero-order chi connectivity index (χ0) is 16.4. The number of ether oxygens (including phenoxy) is 1. The van der Waals surface area contributed by atoms with Crippen molar-refractivity contribution in [2.24, 2.45) is 0 Å². The molecule has 1 atom stereocenters. The number of hydrogen-bond donors (Lipinski definition) is 0. The third-order valence-electron chi connectivity index (χ3n) is 4.98. The van der Waals surface area contributed by atoms with Crippen molar-refractivity contribution >= 4 is 0 Å². The Morgan fingerprint density at radius 1 is 1.21 bits per heavy atom. The van der Waals surface area contributed by atoms with Crippen molar-refractivity contribution in [2.45, 2.75) is 38.1 Å². The Kier molecular flexibility index (Phi) is 4.47. The van der Waals surface area contributed by atoms with E-state index in [1.54, 1.807) is 12.1 Å². The van der Waals surface area contributed by atoms with Crippen LogP contribution in [-0.4, -0.2) is 45.9 Å². The predicted molar refractivity (Wildman–Crippen MR) is 88.7 cm³/mol. The first-order valence-corrected chi connectivity index (χ1v) is 8.82. The number of rotatable bonds is 5. The number of benzene rings is 1. The van der Waals surface area contributed by atoms with Gasteiger partial charge in [0.05, 0.1) is 0 Å². The summed E-state index contributed by atoms with van der Waals surface area (Å²) in [6.45, 7) is 4.59. The first-order valence-electron chi connectivity index (χ1n) is 8.82. The molecule has 24 heavy (non-hydrogen) atoms. The number of hydrogen-bond acceptors (Lipinski definition) is 4. The Labute approximate surface area is 141 Å². The van der Waals surface area contributed by atoms with Gasteiger partial charge in [-0.15, -0.1) is 10.2 Å². The molecule has 0 radical (unpaired) electrons. The average Bonchev–Trinajstić information content (AvgIpc) is 3.18.